The molecule has 4 rings (SSSR count). The highest BCUT2D eigenvalue weighted by molar-refractivity contribution is 5.76. The molecule has 1 aliphatic heterocycles. The maximum atomic E-state index is 13.6. The first-order valence-electron chi connectivity index (χ1n) is 11.5. The van der Waals surface area contributed by atoms with Crippen LogP contribution in [0.4, 0.5) is 18.0 Å². The molecule has 184 valence electrons. The highest BCUT2D eigenvalue weighted by atomic mass is 19.4. The van der Waals surface area contributed by atoms with Gasteiger partial charge in [0.15, 0.2) is 0 Å². The van der Waals surface area contributed by atoms with Crippen LogP contribution < -0.4 is 4.74 Å². The lowest BCUT2D eigenvalue weighted by Crippen LogP contribution is -2.31. The number of hydrogen-bond donors (Lipinski definition) is 0. The zero-order valence-corrected chi connectivity index (χ0v) is 20.1. The number of carbonyl (C=O) groups excluding carboxylic acids is 1. The van der Waals surface area contributed by atoms with Gasteiger partial charge in [0.05, 0.1) is 25.3 Å². The fourth-order valence-electron chi connectivity index (χ4n) is 4.44. The van der Waals surface area contributed by atoms with Gasteiger partial charge in [-0.25, -0.2) is 4.79 Å². The van der Waals surface area contributed by atoms with E-state index in [2.05, 4.69) is 0 Å². The first kappa shape index (κ1) is 24.6. The van der Waals surface area contributed by atoms with Crippen molar-refractivity contribution in [3.63, 3.8) is 0 Å². The van der Waals surface area contributed by atoms with E-state index in [1.165, 1.54) is 18.1 Å². The summed E-state index contributed by atoms with van der Waals surface area (Å²) in [6, 6.07) is 18.3. The summed E-state index contributed by atoms with van der Waals surface area (Å²) in [6.45, 7) is 5.91. The van der Waals surface area contributed by atoms with E-state index in [1.54, 1.807) is 0 Å². The van der Waals surface area contributed by atoms with Gasteiger partial charge >= 0.3 is 12.3 Å². The van der Waals surface area contributed by atoms with Crippen molar-refractivity contribution in [2.75, 3.05) is 7.11 Å². The fourth-order valence-corrected chi connectivity index (χ4v) is 4.44. The zero-order valence-electron chi connectivity index (χ0n) is 20.1. The molecule has 3 aromatic carbocycles. The lowest BCUT2D eigenvalue weighted by atomic mass is 9.92. The van der Waals surface area contributed by atoms with Crippen LogP contribution >= 0.6 is 0 Å². The SMILES string of the molecule is COc1ccc(C(C)C)cc1-c1ccc(C(F)(F)F)cc1CN1C(=O)O[C@@H](c2ccccc2)[C@H]1C. The molecule has 7 heteroatoms. The molecule has 1 aliphatic rings. The van der Waals surface area contributed by atoms with Crippen LogP contribution in [-0.2, 0) is 17.5 Å². The molecule has 1 amide bonds. The minimum Gasteiger partial charge on any atom is -0.496 e. The summed E-state index contributed by atoms with van der Waals surface area (Å²) < 4.78 is 52.1. The van der Waals surface area contributed by atoms with E-state index in [0.29, 0.717) is 22.4 Å². The van der Waals surface area contributed by atoms with Crippen LogP contribution in [0.2, 0.25) is 0 Å². The number of alkyl halides is 3. The van der Waals surface area contributed by atoms with Crippen molar-refractivity contribution >= 4 is 6.09 Å². The van der Waals surface area contributed by atoms with Crippen molar-refractivity contribution < 1.29 is 27.4 Å². The van der Waals surface area contributed by atoms with Crippen molar-refractivity contribution in [1.82, 2.24) is 4.90 Å². The zero-order chi connectivity index (χ0) is 25.3. The molecule has 1 heterocycles. The number of cyclic esters (lactones) is 1. The number of methoxy groups -OCH3 is 1. The first-order chi connectivity index (χ1) is 16.6. The summed E-state index contributed by atoms with van der Waals surface area (Å²) in [4.78, 5) is 14.3. The van der Waals surface area contributed by atoms with Crippen LogP contribution in [0.15, 0.2) is 66.7 Å². The van der Waals surface area contributed by atoms with E-state index in [9.17, 15) is 18.0 Å². The Morgan fingerprint density at radius 1 is 1.00 bits per heavy atom. The maximum Gasteiger partial charge on any atom is 0.416 e. The second-order valence-electron chi connectivity index (χ2n) is 9.07. The van der Waals surface area contributed by atoms with Crippen LogP contribution in [-0.4, -0.2) is 24.1 Å². The molecule has 35 heavy (non-hydrogen) atoms. The largest absolute Gasteiger partial charge is 0.496 e. The van der Waals surface area contributed by atoms with Crippen molar-refractivity contribution in [2.45, 2.75) is 51.6 Å². The summed E-state index contributed by atoms with van der Waals surface area (Å²) >= 11 is 0. The molecule has 3 aromatic rings. The van der Waals surface area contributed by atoms with Gasteiger partial charge in [0.25, 0.3) is 0 Å². The third kappa shape index (κ3) is 4.99. The average Bonchev–Trinajstić information content (AvgIpc) is 3.12. The molecule has 1 fully saturated rings. The van der Waals surface area contributed by atoms with Crippen molar-refractivity contribution in [3.05, 3.63) is 89.0 Å². The normalized spacial score (nSPS) is 18.2. The van der Waals surface area contributed by atoms with E-state index >= 15 is 0 Å². The molecular weight excluding hydrogens is 455 g/mol. The van der Waals surface area contributed by atoms with Crippen LogP contribution in [0.5, 0.6) is 5.75 Å². The summed E-state index contributed by atoms with van der Waals surface area (Å²) in [5.41, 5.74) is 2.74. The molecule has 0 radical (unpaired) electrons. The average molecular weight is 484 g/mol. The number of amides is 1. The Morgan fingerprint density at radius 2 is 1.71 bits per heavy atom. The van der Waals surface area contributed by atoms with E-state index in [0.717, 1.165) is 23.3 Å². The highest BCUT2D eigenvalue weighted by Gasteiger charge is 2.40. The molecule has 0 saturated carbocycles. The predicted molar refractivity (Wildman–Crippen MR) is 128 cm³/mol. The summed E-state index contributed by atoms with van der Waals surface area (Å²) in [5.74, 6) is 0.771. The van der Waals surface area contributed by atoms with Crippen LogP contribution in [0, 0.1) is 0 Å². The third-order valence-corrected chi connectivity index (χ3v) is 6.47. The van der Waals surface area contributed by atoms with Crippen LogP contribution in [0.1, 0.15) is 55.0 Å². The molecule has 1 saturated heterocycles. The summed E-state index contributed by atoms with van der Waals surface area (Å²) in [7, 11) is 1.53. The monoisotopic (exact) mass is 483 g/mol. The van der Waals surface area contributed by atoms with Gasteiger partial charge in [-0.1, -0.05) is 56.3 Å². The smallest absolute Gasteiger partial charge is 0.416 e. The molecule has 0 aliphatic carbocycles. The van der Waals surface area contributed by atoms with Gasteiger partial charge in [-0.15, -0.1) is 0 Å². The molecule has 0 unspecified atom stereocenters. The second-order valence-corrected chi connectivity index (χ2v) is 9.07. The van der Waals surface area contributed by atoms with Gasteiger partial charge in [-0.2, -0.15) is 13.2 Å². The van der Waals surface area contributed by atoms with Crippen molar-refractivity contribution in [1.29, 1.82) is 0 Å². The number of halogens is 3. The Morgan fingerprint density at radius 3 is 2.34 bits per heavy atom. The Hall–Kier alpha value is -3.48. The minimum absolute atomic E-state index is 0.0301. The van der Waals surface area contributed by atoms with Gasteiger partial charge in [0.1, 0.15) is 11.9 Å². The fraction of sp³-hybridized carbons (Fsp3) is 0.321. The maximum absolute atomic E-state index is 13.6. The van der Waals surface area contributed by atoms with Crippen LogP contribution in [0.25, 0.3) is 11.1 Å². The van der Waals surface area contributed by atoms with Crippen molar-refractivity contribution in [3.8, 4) is 16.9 Å². The Labute approximate surface area is 203 Å². The van der Waals surface area contributed by atoms with Crippen molar-refractivity contribution in [2.24, 2.45) is 0 Å². The third-order valence-electron chi connectivity index (χ3n) is 6.47. The van der Waals surface area contributed by atoms with E-state index in [4.69, 9.17) is 9.47 Å². The number of benzene rings is 3. The standard InChI is InChI=1S/C28H28F3NO3/c1-17(2)20-10-13-25(34-4)24(15-20)23-12-11-22(28(29,30)31)14-21(23)16-32-18(3)26(35-27(32)33)19-8-6-5-7-9-19/h5-15,17-18,26H,16H2,1-4H3/t18-,26-/m1/s1. The van der Waals surface area contributed by atoms with Crippen LogP contribution in [0.3, 0.4) is 0 Å². The topological polar surface area (TPSA) is 38.8 Å². The Balaban J connectivity index is 1.78. The Kier molecular flexibility index (Phi) is 6.79. The number of rotatable bonds is 6. The lowest BCUT2D eigenvalue weighted by Gasteiger charge is -2.24. The van der Waals surface area contributed by atoms with E-state index in [1.807, 2.05) is 69.3 Å². The Bertz CT molecular complexity index is 1210. The minimum atomic E-state index is -4.51. The molecule has 0 spiro atoms. The first-order valence-corrected chi connectivity index (χ1v) is 11.5. The van der Waals surface area contributed by atoms with Gasteiger partial charge in [0, 0.05) is 5.56 Å². The lowest BCUT2D eigenvalue weighted by molar-refractivity contribution is -0.137. The summed E-state index contributed by atoms with van der Waals surface area (Å²) in [6.07, 6.45) is -5.57. The molecule has 0 N–H and O–H groups in total. The van der Waals surface area contributed by atoms with Gasteiger partial charge in [-0.05, 0) is 59.4 Å². The van der Waals surface area contributed by atoms with Gasteiger partial charge in [0.2, 0.25) is 0 Å². The predicted octanol–water partition coefficient (Wildman–Crippen LogP) is 7.59. The van der Waals surface area contributed by atoms with Gasteiger partial charge in [-0.3, -0.25) is 4.90 Å². The second kappa shape index (κ2) is 9.64. The van der Waals surface area contributed by atoms with E-state index in [-0.39, 0.29) is 18.5 Å². The van der Waals surface area contributed by atoms with E-state index < -0.39 is 23.9 Å². The number of hydrogen-bond acceptors (Lipinski definition) is 3. The molecule has 0 bridgehead atoms. The highest BCUT2D eigenvalue weighted by Crippen LogP contribution is 2.40. The molecule has 4 nitrogen and oxygen atoms in total. The number of carbonyl (C=O) groups is 1. The van der Waals surface area contributed by atoms with Gasteiger partial charge < -0.3 is 9.47 Å². The number of ether oxygens (including phenoxy) is 2. The molecular formula is C28H28F3NO3. The summed E-state index contributed by atoms with van der Waals surface area (Å²) in [5, 5.41) is 0. The number of nitrogens with zero attached hydrogens (tertiary/aromatic N) is 1. The quantitative estimate of drug-likeness (QED) is 0.363. The molecule has 2 atom stereocenters. The molecule has 0 aromatic heterocycles.